The maximum absolute atomic E-state index is 12.9. The molecule has 0 aliphatic rings. The van der Waals surface area contributed by atoms with Crippen LogP contribution in [0.1, 0.15) is 11.3 Å². The van der Waals surface area contributed by atoms with Gasteiger partial charge in [0.1, 0.15) is 5.82 Å². The molecule has 3 aromatic rings. The van der Waals surface area contributed by atoms with Crippen molar-refractivity contribution in [3.63, 3.8) is 0 Å². The van der Waals surface area contributed by atoms with E-state index >= 15 is 0 Å². The van der Waals surface area contributed by atoms with E-state index in [9.17, 15) is 22.4 Å². The number of benzene rings is 2. The second-order valence-electron chi connectivity index (χ2n) is 6.70. The van der Waals surface area contributed by atoms with Gasteiger partial charge in [0.2, 0.25) is 15.9 Å². The number of thiazole rings is 1. The number of nitrogens with two attached hydrogens (primary N) is 1. The van der Waals surface area contributed by atoms with Gasteiger partial charge >= 0.3 is 6.03 Å². The van der Waals surface area contributed by atoms with Gasteiger partial charge < -0.3 is 10.6 Å². The number of carbonyl (C=O) groups is 2. The van der Waals surface area contributed by atoms with Gasteiger partial charge in [-0.15, -0.1) is 11.3 Å². The van der Waals surface area contributed by atoms with Crippen molar-refractivity contribution in [1.82, 2.24) is 10.3 Å². The average molecular weight is 478 g/mol. The van der Waals surface area contributed by atoms with E-state index in [0.29, 0.717) is 29.5 Å². The van der Waals surface area contributed by atoms with Crippen molar-refractivity contribution < 1.29 is 22.4 Å². The Morgan fingerprint density at radius 3 is 2.38 bits per heavy atom. The zero-order valence-electron chi connectivity index (χ0n) is 16.7. The van der Waals surface area contributed by atoms with Gasteiger partial charge in [-0.25, -0.2) is 27.7 Å². The van der Waals surface area contributed by atoms with Gasteiger partial charge in [-0.3, -0.25) is 10.1 Å². The van der Waals surface area contributed by atoms with Gasteiger partial charge in [0.05, 0.1) is 17.0 Å². The first-order valence-corrected chi connectivity index (χ1v) is 11.8. The van der Waals surface area contributed by atoms with E-state index in [2.05, 4.69) is 20.9 Å². The fourth-order valence-corrected chi connectivity index (χ4v) is 3.88. The summed E-state index contributed by atoms with van der Waals surface area (Å²) in [4.78, 5) is 28.3. The highest BCUT2D eigenvalue weighted by Gasteiger charge is 2.11. The van der Waals surface area contributed by atoms with Crippen molar-refractivity contribution in [3.8, 4) is 0 Å². The molecule has 3 rings (SSSR count). The SMILES string of the molecule is NS(=O)(=O)c1ccc(CCNC(=O)Cc2csc(NC(=O)Nc3ccc(F)cc3)n2)cc1. The first kappa shape index (κ1) is 23.3. The number of carbonyl (C=O) groups excluding carboxylic acids is 2. The largest absolute Gasteiger partial charge is 0.355 e. The van der Waals surface area contributed by atoms with Gasteiger partial charge in [0.15, 0.2) is 5.13 Å². The molecule has 12 heteroatoms. The van der Waals surface area contributed by atoms with Crippen LogP contribution in [-0.4, -0.2) is 31.9 Å². The van der Waals surface area contributed by atoms with Crippen LogP contribution < -0.4 is 21.1 Å². The molecule has 1 aromatic heterocycles. The Balaban J connectivity index is 1.42. The minimum atomic E-state index is -3.73. The van der Waals surface area contributed by atoms with Gasteiger partial charge in [-0.2, -0.15) is 0 Å². The van der Waals surface area contributed by atoms with Crippen LogP contribution in [0.4, 0.5) is 20.0 Å². The van der Waals surface area contributed by atoms with Crippen LogP contribution in [-0.2, 0) is 27.7 Å². The van der Waals surface area contributed by atoms with Crippen LogP contribution in [0.5, 0.6) is 0 Å². The second kappa shape index (κ2) is 10.3. The first-order chi connectivity index (χ1) is 15.2. The topological polar surface area (TPSA) is 143 Å². The number of sulfonamides is 1. The number of halogens is 1. The van der Waals surface area contributed by atoms with Crippen molar-refractivity contribution in [2.24, 2.45) is 5.14 Å². The van der Waals surface area contributed by atoms with Crippen LogP contribution in [0.15, 0.2) is 58.8 Å². The lowest BCUT2D eigenvalue weighted by molar-refractivity contribution is -0.120. The van der Waals surface area contributed by atoms with Gasteiger partial charge in [0.25, 0.3) is 0 Å². The number of amides is 3. The van der Waals surface area contributed by atoms with Gasteiger partial charge in [0, 0.05) is 17.6 Å². The molecule has 0 aliphatic carbocycles. The summed E-state index contributed by atoms with van der Waals surface area (Å²) in [6.45, 7) is 0.364. The maximum atomic E-state index is 12.9. The number of aromatic nitrogens is 1. The summed E-state index contributed by atoms with van der Waals surface area (Å²) in [6.07, 6.45) is 0.562. The summed E-state index contributed by atoms with van der Waals surface area (Å²) >= 11 is 1.17. The van der Waals surface area contributed by atoms with Crippen molar-refractivity contribution in [3.05, 3.63) is 71.0 Å². The molecule has 9 nitrogen and oxygen atoms in total. The van der Waals surface area contributed by atoms with E-state index in [4.69, 9.17) is 5.14 Å². The lowest BCUT2D eigenvalue weighted by Crippen LogP contribution is -2.27. The van der Waals surface area contributed by atoms with Crippen LogP contribution in [0, 0.1) is 5.82 Å². The molecule has 32 heavy (non-hydrogen) atoms. The van der Waals surface area contributed by atoms with E-state index in [1.165, 1.54) is 47.7 Å². The van der Waals surface area contributed by atoms with Gasteiger partial charge in [-0.1, -0.05) is 12.1 Å². The molecule has 168 valence electrons. The predicted molar refractivity (Wildman–Crippen MR) is 119 cm³/mol. The zero-order valence-corrected chi connectivity index (χ0v) is 18.3. The van der Waals surface area contributed by atoms with Crippen molar-refractivity contribution >= 4 is 44.1 Å². The highest BCUT2D eigenvalue weighted by atomic mass is 32.2. The molecular formula is C20H20FN5O4S2. The normalized spacial score (nSPS) is 11.1. The average Bonchev–Trinajstić information content (AvgIpc) is 3.16. The molecule has 1 heterocycles. The number of rotatable bonds is 8. The summed E-state index contributed by atoms with van der Waals surface area (Å²) in [5.41, 5.74) is 1.78. The smallest absolute Gasteiger partial charge is 0.325 e. The van der Waals surface area contributed by atoms with Crippen LogP contribution in [0.25, 0.3) is 0 Å². The number of hydrogen-bond donors (Lipinski definition) is 4. The minimum Gasteiger partial charge on any atom is -0.355 e. The molecule has 0 spiro atoms. The highest BCUT2D eigenvalue weighted by Crippen LogP contribution is 2.17. The quantitative estimate of drug-likeness (QED) is 0.394. The molecule has 0 fully saturated rings. The van der Waals surface area contributed by atoms with Crippen LogP contribution in [0.3, 0.4) is 0 Å². The van der Waals surface area contributed by atoms with Crippen LogP contribution >= 0.6 is 11.3 Å². The number of anilines is 2. The number of nitrogens with one attached hydrogen (secondary N) is 3. The molecule has 0 saturated heterocycles. The molecule has 2 aromatic carbocycles. The van der Waals surface area contributed by atoms with Crippen LogP contribution in [0.2, 0.25) is 0 Å². The summed E-state index contributed by atoms with van der Waals surface area (Å²) in [6, 6.07) is 10.9. The third-order valence-corrected chi connectivity index (χ3v) is 5.94. The number of urea groups is 1. The van der Waals surface area contributed by atoms with Gasteiger partial charge in [-0.05, 0) is 48.4 Å². The Morgan fingerprint density at radius 1 is 1.03 bits per heavy atom. The summed E-state index contributed by atoms with van der Waals surface area (Å²) in [7, 11) is -3.73. The summed E-state index contributed by atoms with van der Waals surface area (Å²) in [5.74, 6) is -0.641. The molecule has 0 radical (unpaired) electrons. The predicted octanol–water partition coefficient (Wildman–Crippen LogP) is 2.47. The van der Waals surface area contributed by atoms with E-state index in [1.807, 2.05) is 0 Å². The number of nitrogens with zero attached hydrogens (tertiary/aromatic N) is 1. The molecule has 3 amide bonds. The molecule has 0 unspecified atom stereocenters. The lowest BCUT2D eigenvalue weighted by atomic mass is 10.1. The Kier molecular flexibility index (Phi) is 7.51. The fourth-order valence-electron chi connectivity index (χ4n) is 2.66. The molecule has 0 bridgehead atoms. The van der Waals surface area contributed by atoms with Crippen molar-refractivity contribution in [1.29, 1.82) is 0 Å². The Hall–Kier alpha value is -3.35. The lowest BCUT2D eigenvalue weighted by Gasteiger charge is -2.06. The van der Waals surface area contributed by atoms with E-state index in [1.54, 1.807) is 17.5 Å². The maximum Gasteiger partial charge on any atom is 0.325 e. The second-order valence-corrected chi connectivity index (χ2v) is 9.12. The summed E-state index contributed by atoms with van der Waals surface area (Å²) < 4.78 is 35.4. The highest BCUT2D eigenvalue weighted by molar-refractivity contribution is 7.89. The standard InChI is InChI=1S/C20H20FN5O4S2/c21-14-3-5-15(6-4-14)24-19(28)26-20-25-16(12-31-20)11-18(27)23-10-9-13-1-7-17(8-2-13)32(22,29)30/h1-8,12H,9-11H2,(H,23,27)(H2,22,29,30)(H2,24,25,26,28). The molecule has 5 N–H and O–H groups in total. The molecular weight excluding hydrogens is 457 g/mol. The molecule has 0 aliphatic heterocycles. The third kappa shape index (κ3) is 7.11. The first-order valence-electron chi connectivity index (χ1n) is 9.35. The number of primary sulfonamides is 1. The third-order valence-electron chi connectivity index (χ3n) is 4.20. The molecule has 0 atom stereocenters. The van der Waals surface area contributed by atoms with Crippen molar-refractivity contribution in [2.45, 2.75) is 17.7 Å². The summed E-state index contributed by atoms with van der Waals surface area (Å²) in [5, 5.41) is 14.9. The van der Waals surface area contributed by atoms with E-state index < -0.39 is 21.9 Å². The minimum absolute atomic E-state index is 0.0320. The zero-order chi connectivity index (χ0) is 23.1. The van der Waals surface area contributed by atoms with E-state index in [-0.39, 0.29) is 17.2 Å². The van der Waals surface area contributed by atoms with E-state index in [0.717, 1.165) is 5.56 Å². The monoisotopic (exact) mass is 477 g/mol. The molecule has 0 saturated carbocycles. The van der Waals surface area contributed by atoms with Crippen molar-refractivity contribution in [2.75, 3.05) is 17.2 Å². The Labute approximate surface area is 187 Å². The Bertz CT molecular complexity index is 1200. The Morgan fingerprint density at radius 2 is 1.72 bits per heavy atom. The fraction of sp³-hybridized carbons (Fsp3) is 0.150. The number of hydrogen-bond acceptors (Lipinski definition) is 6.